The number of imidazole rings is 1. The quantitative estimate of drug-likeness (QED) is 0.454. The van der Waals surface area contributed by atoms with Crippen LogP contribution in [0.15, 0.2) is 89.6 Å². The Balaban J connectivity index is 1.50. The number of benzene rings is 2. The first kappa shape index (κ1) is 17.9. The van der Waals surface area contributed by atoms with Crippen LogP contribution in [0.5, 0.6) is 0 Å². The molecular formula is C24H18N4O2. The average molecular weight is 394 g/mol. The molecule has 6 heteroatoms. The predicted molar refractivity (Wildman–Crippen MR) is 115 cm³/mol. The summed E-state index contributed by atoms with van der Waals surface area (Å²) in [6.07, 6.45) is 1.86. The molecule has 0 spiro atoms. The van der Waals surface area contributed by atoms with Crippen LogP contribution in [0.25, 0.3) is 28.2 Å². The van der Waals surface area contributed by atoms with E-state index in [9.17, 15) is 4.79 Å². The number of fused-ring (bicyclic) bond motifs is 1. The second-order valence-corrected chi connectivity index (χ2v) is 7.00. The Bertz CT molecular complexity index is 1330. The zero-order valence-electron chi connectivity index (χ0n) is 16.2. The third-order valence-electron chi connectivity index (χ3n) is 4.89. The van der Waals surface area contributed by atoms with Gasteiger partial charge in [0.25, 0.3) is 5.91 Å². The summed E-state index contributed by atoms with van der Waals surface area (Å²) in [6.45, 7) is 2.02. The zero-order chi connectivity index (χ0) is 20.5. The van der Waals surface area contributed by atoms with Crippen LogP contribution in [-0.4, -0.2) is 20.4 Å². The van der Waals surface area contributed by atoms with Gasteiger partial charge < -0.3 is 9.84 Å². The van der Waals surface area contributed by atoms with Gasteiger partial charge in [-0.25, -0.2) is 4.98 Å². The lowest BCUT2D eigenvalue weighted by molar-refractivity contribution is 0.0987. The fourth-order valence-corrected chi connectivity index (χ4v) is 3.32. The van der Waals surface area contributed by atoms with Gasteiger partial charge in [0.05, 0.1) is 0 Å². The van der Waals surface area contributed by atoms with E-state index in [1.54, 1.807) is 6.07 Å². The van der Waals surface area contributed by atoms with E-state index in [1.807, 2.05) is 90.3 Å². The Labute approximate surface area is 172 Å². The van der Waals surface area contributed by atoms with E-state index in [1.165, 1.54) is 0 Å². The number of rotatable bonds is 4. The van der Waals surface area contributed by atoms with Crippen LogP contribution in [0.1, 0.15) is 16.1 Å². The Hall–Kier alpha value is -4.19. The lowest BCUT2D eigenvalue weighted by Crippen LogP contribution is -2.13. The summed E-state index contributed by atoms with van der Waals surface area (Å²) in [4.78, 5) is 17.6. The van der Waals surface area contributed by atoms with Crippen molar-refractivity contribution in [2.45, 2.75) is 6.92 Å². The Morgan fingerprint density at radius 1 is 0.933 bits per heavy atom. The van der Waals surface area contributed by atoms with E-state index in [0.29, 0.717) is 17.2 Å². The number of nitrogens with one attached hydrogen (secondary N) is 1. The summed E-state index contributed by atoms with van der Waals surface area (Å²) in [5.41, 5.74) is 5.00. The third-order valence-corrected chi connectivity index (χ3v) is 4.89. The summed E-state index contributed by atoms with van der Waals surface area (Å²) in [7, 11) is 0. The first-order valence-corrected chi connectivity index (χ1v) is 9.57. The van der Waals surface area contributed by atoms with Crippen LogP contribution < -0.4 is 5.32 Å². The standard InChI is InChI=1S/C24H18N4O2/c1-16-10-12-17(13-11-16)19-15-20(30-27-19)24(29)26-23-22(18-7-3-2-4-8-18)25-21-9-5-6-14-28(21)23/h2-15H,1H3,(H,26,29). The number of hydrogen-bond acceptors (Lipinski definition) is 4. The topological polar surface area (TPSA) is 72.4 Å². The number of pyridine rings is 1. The minimum atomic E-state index is -0.385. The molecule has 0 unspecified atom stereocenters. The van der Waals surface area contributed by atoms with E-state index >= 15 is 0 Å². The van der Waals surface area contributed by atoms with Crippen molar-refractivity contribution < 1.29 is 9.32 Å². The number of aryl methyl sites for hydroxylation is 1. The first-order chi connectivity index (χ1) is 14.7. The Morgan fingerprint density at radius 2 is 1.70 bits per heavy atom. The van der Waals surface area contributed by atoms with Crippen molar-refractivity contribution in [3.05, 3.63) is 96.4 Å². The summed E-state index contributed by atoms with van der Waals surface area (Å²) in [5, 5.41) is 7.00. The van der Waals surface area contributed by atoms with Gasteiger partial charge in [-0.1, -0.05) is 71.4 Å². The minimum Gasteiger partial charge on any atom is -0.350 e. The van der Waals surface area contributed by atoms with Crippen LogP contribution in [0.3, 0.4) is 0 Å². The van der Waals surface area contributed by atoms with Gasteiger partial charge in [0.2, 0.25) is 5.76 Å². The lowest BCUT2D eigenvalue weighted by atomic mass is 10.1. The van der Waals surface area contributed by atoms with Crippen LogP contribution in [0, 0.1) is 6.92 Å². The van der Waals surface area contributed by atoms with Crippen LogP contribution in [-0.2, 0) is 0 Å². The van der Waals surface area contributed by atoms with Crippen LogP contribution >= 0.6 is 0 Å². The molecule has 6 nitrogen and oxygen atoms in total. The molecule has 5 rings (SSSR count). The van der Waals surface area contributed by atoms with Gasteiger partial charge in [0.15, 0.2) is 0 Å². The van der Waals surface area contributed by atoms with Crippen molar-refractivity contribution in [3.63, 3.8) is 0 Å². The van der Waals surface area contributed by atoms with Gasteiger partial charge in [-0.3, -0.25) is 9.20 Å². The van der Waals surface area contributed by atoms with Crippen molar-refractivity contribution in [2.75, 3.05) is 5.32 Å². The van der Waals surface area contributed by atoms with Gasteiger partial charge in [-0.2, -0.15) is 0 Å². The monoisotopic (exact) mass is 394 g/mol. The first-order valence-electron chi connectivity index (χ1n) is 9.57. The van der Waals surface area contributed by atoms with E-state index in [0.717, 1.165) is 22.3 Å². The minimum absolute atomic E-state index is 0.135. The molecule has 0 fully saturated rings. The van der Waals surface area contributed by atoms with Gasteiger partial charge in [-0.05, 0) is 19.1 Å². The number of anilines is 1. The largest absolute Gasteiger partial charge is 0.350 e. The second kappa shape index (κ2) is 7.33. The number of nitrogens with zero attached hydrogens (tertiary/aromatic N) is 3. The Morgan fingerprint density at radius 3 is 2.50 bits per heavy atom. The molecule has 1 N–H and O–H groups in total. The normalized spacial score (nSPS) is 11.0. The summed E-state index contributed by atoms with van der Waals surface area (Å²) in [5.74, 6) is 0.328. The molecule has 146 valence electrons. The fraction of sp³-hybridized carbons (Fsp3) is 0.0417. The van der Waals surface area contributed by atoms with Crippen LogP contribution in [0.4, 0.5) is 5.82 Å². The second-order valence-electron chi connectivity index (χ2n) is 7.00. The van der Waals surface area contributed by atoms with Gasteiger partial charge >= 0.3 is 0 Å². The summed E-state index contributed by atoms with van der Waals surface area (Å²) < 4.78 is 7.17. The SMILES string of the molecule is Cc1ccc(-c2cc(C(=O)Nc3c(-c4ccccc4)nc4ccccn34)on2)cc1. The molecule has 5 aromatic rings. The lowest BCUT2D eigenvalue weighted by Gasteiger charge is -2.06. The highest BCUT2D eigenvalue weighted by Crippen LogP contribution is 2.29. The highest BCUT2D eigenvalue weighted by atomic mass is 16.5. The van der Waals surface area contributed by atoms with Gasteiger partial charge in [0.1, 0.15) is 22.9 Å². The van der Waals surface area contributed by atoms with E-state index < -0.39 is 0 Å². The summed E-state index contributed by atoms with van der Waals surface area (Å²) in [6, 6.07) is 25.0. The molecule has 0 aliphatic rings. The van der Waals surface area contributed by atoms with E-state index in [4.69, 9.17) is 9.51 Å². The van der Waals surface area contributed by atoms with Crippen LogP contribution in [0.2, 0.25) is 0 Å². The zero-order valence-corrected chi connectivity index (χ0v) is 16.2. The van der Waals surface area contributed by atoms with Gasteiger partial charge in [-0.15, -0.1) is 0 Å². The fourth-order valence-electron chi connectivity index (χ4n) is 3.32. The molecule has 0 aliphatic heterocycles. The highest BCUT2D eigenvalue weighted by Gasteiger charge is 2.20. The number of aromatic nitrogens is 3. The highest BCUT2D eigenvalue weighted by molar-refractivity contribution is 6.04. The molecule has 0 radical (unpaired) electrons. The molecule has 2 aromatic carbocycles. The number of hydrogen-bond donors (Lipinski definition) is 1. The molecule has 0 saturated carbocycles. The smallest absolute Gasteiger partial charge is 0.295 e. The molecule has 0 bridgehead atoms. The van der Waals surface area contributed by atoms with Crippen molar-refractivity contribution >= 4 is 17.4 Å². The van der Waals surface area contributed by atoms with Gasteiger partial charge in [0, 0.05) is 23.4 Å². The van der Waals surface area contributed by atoms with Crippen molar-refractivity contribution in [2.24, 2.45) is 0 Å². The maximum absolute atomic E-state index is 13.0. The third kappa shape index (κ3) is 3.24. The molecule has 0 saturated heterocycles. The summed E-state index contributed by atoms with van der Waals surface area (Å²) >= 11 is 0. The maximum atomic E-state index is 13.0. The van der Waals surface area contributed by atoms with Crippen molar-refractivity contribution in [3.8, 4) is 22.5 Å². The molecular weight excluding hydrogens is 376 g/mol. The average Bonchev–Trinajstić information content (AvgIpc) is 3.41. The molecule has 1 amide bonds. The number of amides is 1. The predicted octanol–water partition coefficient (Wildman–Crippen LogP) is 5.22. The number of carbonyl (C=O) groups excluding carboxylic acids is 1. The molecule has 0 atom stereocenters. The molecule has 3 aromatic heterocycles. The van der Waals surface area contributed by atoms with Crippen molar-refractivity contribution in [1.29, 1.82) is 0 Å². The molecule has 30 heavy (non-hydrogen) atoms. The molecule has 0 aliphatic carbocycles. The maximum Gasteiger partial charge on any atom is 0.295 e. The van der Waals surface area contributed by atoms with E-state index in [-0.39, 0.29) is 11.7 Å². The number of carbonyl (C=O) groups is 1. The molecule has 3 heterocycles. The Kier molecular flexibility index (Phi) is 4.37. The van der Waals surface area contributed by atoms with E-state index in [2.05, 4.69) is 10.5 Å². The van der Waals surface area contributed by atoms with Crippen molar-refractivity contribution in [1.82, 2.24) is 14.5 Å².